The minimum atomic E-state index is -4.75. The summed E-state index contributed by atoms with van der Waals surface area (Å²) in [5.74, 6) is -5.82. The number of anilines is 1. The van der Waals surface area contributed by atoms with Crippen LogP contribution in [0, 0.1) is 23.0 Å². The second kappa shape index (κ2) is 12.7. The minimum absolute atomic E-state index is 0.107. The third-order valence-electron chi connectivity index (χ3n) is 7.37. The fourth-order valence-electron chi connectivity index (χ4n) is 5.21. The van der Waals surface area contributed by atoms with Gasteiger partial charge in [-0.2, -0.15) is 18.4 Å². The first-order valence-corrected chi connectivity index (χ1v) is 13.8. The normalized spacial score (nSPS) is 15.8. The van der Waals surface area contributed by atoms with Gasteiger partial charge in [-0.25, -0.2) is 13.6 Å². The molecule has 1 aliphatic rings. The second-order valence-corrected chi connectivity index (χ2v) is 10.6. The summed E-state index contributed by atoms with van der Waals surface area (Å²) in [6.07, 6.45) is -3.54. The summed E-state index contributed by atoms with van der Waals surface area (Å²) < 4.78 is 75.5. The molecule has 45 heavy (non-hydrogen) atoms. The molecule has 3 aromatic carbocycles. The van der Waals surface area contributed by atoms with Crippen LogP contribution >= 0.6 is 11.6 Å². The second-order valence-electron chi connectivity index (χ2n) is 10.2. The molecule has 1 fully saturated rings. The highest BCUT2D eigenvalue weighted by molar-refractivity contribution is 6.33. The lowest BCUT2D eigenvalue weighted by molar-refractivity contribution is -0.167. The summed E-state index contributed by atoms with van der Waals surface area (Å²) >= 11 is 6.41. The molecule has 8 nitrogen and oxygen atoms in total. The zero-order chi connectivity index (χ0) is 32.5. The van der Waals surface area contributed by atoms with E-state index in [1.54, 1.807) is 36.4 Å². The number of carboxylic acid groups (broad SMARTS) is 1. The molecule has 4 aromatic rings. The number of nitrogens with zero attached hydrogens (tertiary/aromatic N) is 3. The van der Waals surface area contributed by atoms with E-state index in [-0.39, 0.29) is 19.6 Å². The van der Waals surface area contributed by atoms with Gasteiger partial charge in [-0.05, 0) is 35.9 Å². The van der Waals surface area contributed by atoms with Gasteiger partial charge in [0.05, 0.1) is 30.4 Å². The highest BCUT2D eigenvalue weighted by Gasteiger charge is 2.46. The Morgan fingerprint density at radius 2 is 1.84 bits per heavy atom. The van der Waals surface area contributed by atoms with Crippen LogP contribution < -0.4 is 10.2 Å². The number of halogens is 6. The number of carboxylic acids is 1. The van der Waals surface area contributed by atoms with E-state index in [1.165, 1.54) is 12.3 Å². The number of hydrogen-bond acceptors (Lipinski definition) is 6. The highest BCUT2D eigenvalue weighted by atomic mass is 35.5. The molecular weight excluding hydrogens is 623 g/mol. The molecule has 0 spiro atoms. The van der Waals surface area contributed by atoms with Crippen LogP contribution in [0.2, 0.25) is 5.02 Å². The quantitative estimate of drug-likeness (QED) is 0.241. The molecule has 2 N–H and O–H groups in total. The van der Waals surface area contributed by atoms with Crippen LogP contribution in [0.3, 0.4) is 0 Å². The topological polar surface area (TPSA) is 116 Å². The van der Waals surface area contributed by atoms with E-state index in [0.717, 1.165) is 4.90 Å². The summed E-state index contributed by atoms with van der Waals surface area (Å²) in [7, 11) is 0. The van der Waals surface area contributed by atoms with Crippen LogP contribution in [-0.4, -0.2) is 60.0 Å². The Morgan fingerprint density at radius 1 is 1.13 bits per heavy atom. The Labute approximate surface area is 257 Å². The molecule has 2 atom stereocenters. The molecule has 1 saturated heterocycles. The van der Waals surface area contributed by atoms with Crippen LogP contribution in [0.5, 0.6) is 0 Å². The van der Waals surface area contributed by atoms with Gasteiger partial charge in [-0.15, -0.1) is 0 Å². The number of amides is 1. The van der Waals surface area contributed by atoms with Crippen molar-refractivity contribution in [2.75, 3.05) is 24.7 Å². The minimum Gasteiger partial charge on any atom is -0.480 e. The van der Waals surface area contributed by atoms with Crippen molar-refractivity contribution in [1.29, 1.82) is 5.26 Å². The van der Waals surface area contributed by atoms with Crippen molar-refractivity contribution in [3.05, 3.63) is 94.1 Å². The number of nitrogens with one attached hydrogen (secondary N) is 1. The van der Waals surface area contributed by atoms with Crippen molar-refractivity contribution in [3.8, 4) is 17.2 Å². The molecule has 2 heterocycles. The molecule has 0 aliphatic carbocycles. The van der Waals surface area contributed by atoms with E-state index >= 15 is 8.78 Å². The number of carbonyl (C=O) groups excluding carboxylic acids is 1. The number of aromatic nitrogens is 1. The number of morpholine rings is 1. The standard InChI is InChI=1S/C31H22ClF5N4O4/c32-22-10-16(14-38)3-5-20(22)21-6-4-17(19-2-1-7-39-28(19)21)11-25(30(43)44)40-29(42)27-23(33)12-18(13-24(27)34)41-8-9-45-15-26(41)31(35,36)37/h1-7,10,12-13,25-26H,8-9,11,15H2,(H,40,42)(H,43,44)/t25-,26+/m0/s1. The number of nitriles is 1. The van der Waals surface area contributed by atoms with Gasteiger partial charge in [0, 0.05) is 46.4 Å². The van der Waals surface area contributed by atoms with Gasteiger partial charge in [0.1, 0.15) is 29.3 Å². The number of alkyl halides is 3. The fraction of sp³-hybridized carbons (Fsp3) is 0.226. The first-order chi connectivity index (χ1) is 21.4. The van der Waals surface area contributed by atoms with E-state index in [1.807, 2.05) is 6.07 Å². The molecule has 0 saturated carbocycles. The van der Waals surface area contributed by atoms with Crippen LogP contribution in [0.25, 0.3) is 22.0 Å². The Morgan fingerprint density at radius 3 is 2.49 bits per heavy atom. The lowest BCUT2D eigenvalue weighted by Gasteiger charge is -2.38. The Balaban J connectivity index is 1.42. The van der Waals surface area contributed by atoms with Gasteiger partial charge in [0.25, 0.3) is 5.91 Å². The third kappa shape index (κ3) is 6.52. The fourth-order valence-corrected chi connectivity index (χ4v) is 5.49. The van der Waals surface area contributed by atoms with E-state index < -0.39 is 59.6 Å². The largest absolute Gasteiger partial charge is 0.480 e. The highest BCUT2D eigenvalue weighted by Crippen LogP contribution is 2.35. The molecule has 1 aromatic heterocycles. The average Bonchev–Trinajstić information content (AvgIpc) is 3.00. The zero-order valence-electron chi connectivity index (χ0n) is 23.0. The monoisotopic (exact) mass is 644 g/mol. The maximum atomic E-state index is 15.1. The van der Waals surface area contributed by atoms with Crippen molar-refractivity contribution in [3.63, 3.8) is 0 Å². The van der Waals surface area contributed by atoms with E-state index in [9.17, 15) is 27.9 Å². The predicted molar refractivity (Wildman–Crippen MR) is 154 cm³/mol. The number of pyridine rings is 1. The molecule has 1 amide bonds. The van der Waals surface area contributed by atoms with Gasteiger partial charge in [-0.1, -0.05) is 35.9 Å². The molecule has 0 unspecified atom stereocenters. The first kappa shape index (κ1) is 31.6. The Kier molecular flexibility index (Phi) is 8.90. The van der Waals surface area contributed by atoms with Gasteiger partial charge in [0.15, 0.2) is 0 Å². The average molecular weight is 645 g/mol. The SMILES string of the molecule is N#Cc1ccc(-c2ccc(C[C@H](NC(=O)c3c(F)cc(N4CCOC[C@@H]4C(F)(F)F)cc3F)C(=O)O)c3cccnc23)c(Cl)c1. The molecule has 14 heteroatoms. The van der Waals surface area contributed by atoms with Crippen LogP contribution in [0.4, 0.5) is 27.6 Å². The Hall–Kier alpha value is -4.80. The van der Waals surface area contributed by atoms with Crippen molar-refractivity contribution in [2.24, 2.45) is 0 Å². The number of fused-ring (bicyclic) bond motifs is 1. The first-order valence-electron chi connectivity index (χ1n) is 13.4. The molecule has 232 valence electrons. The summed E-state index contributed by atoms with van der Waals surface area (Å²) in [5, 5.41) is 22.0. The summed E-state index contributed by atoms with van der Waals surface area (Å²) in [6.45, 7) is -1.14. The summed E-state index contributed by atoms with van der Waals surface area (Å²) in [5.41, 5.74) is 0.819. The molecule has 0 radical (unpaired) electrons. The lowest BCUT2D eigenvalue weighted by atomic mass is 9.94. The Bertz CT molecular complexity index is 1820. The summed E-state index contributed by atoms with van der Waals surface area (Å²) in [4.78, 5) is 30.3. The van der Waals surface area contributed by atoms with Crippen molar-refractivity contribution < 1.29 is 41.4 Å². The van der Waals surface area contributed by atoms with Crippen molar-refractivity contribution >= 4 is 40.1 Å². The number of benzene rings is 3. The maximum Gasteiger partial charge on any atom is 0.411 e. The van der Waals surface area contributed by atoms with E-state index in [0.29, 0.717) is 50.3 Å². The van der Waals surface area contributed by atoms with Crippen LogP contribution in [0.15, 0.2) is 60.8 Å². The van der Waals surface area contributed by atoms with Gasteiger partial charge in [0.2, 0.25) is 0 Å². The van der Waals surface area contributed by atoms with E-state index in [2.05, 4.69) is 10.3 Å². The molecular formula is C31H22ClF5N4O4. The lowest BCUT2D eigenvalue weighted by Crippen LogP contribution is -2.53. The third-order valence-corrected chi connectivity index (χ3v) is 7.68. The molecule has 0 bridgehead atoms. The molecule has 5 rings (SSSR count). The number of hydrogen-bond donors (Lipinski definition) is 2. The summed E-state index contributed by atoms with van der Waals surface area (Å²) in [6, 6.07) is 10.7. The van der Waals surface area contributed by atoms with Gasteiger partial charge in [-0.3, -0.25) is 9.78 Å². The number of rotatable bonds is 7. The number of carbonyl (C=O) groups is 2. The zero-order valence-corrected chi connectivity index (χ0v) is 23.8. The maximum absolute atomic E-state index is 15.1. The predicted octanol–water partition coefficient (Wildman–Crippen LogP) is 5.90. The van der Waals surface area contributed by atoms with Crippen LogP contribution in [-0.2, 0) is 16.0 Å². The smallest absolute Gasteiger partial charge is 0.411 e. The van der Waals surface area contributed by atoms with Gasteiger partial charge >= 0.3 is 12.1 Å². The number of aliphatic carboxylic acids is 1. The van der Waals surface area contributed by atoms with Crippen molar-refractivity contribution in [1.82, 2.24) is 10.3 Å². The number of ether oxygens (including phenoxy) is 1. The van der Waals surface area contributed by atoms with Crippen LogP contribution in [0.1, 0.15) is 21.5 Å². The van der Waals surface area contributed by atoms with E-state index in [4.69, 9.17) is 21.6 Å². The van der Waals surface area contributed by atoms with Crippen molar-refractivity contribution in [2.45, 2.75) is 24.7 Å². The molecule has 1 aliphatic heterocycles. The van der Waals surface area contributed by atoms with Gasteiger partial charge < -0.3 is 20.1 Å².